The molecule has 4 nitrogen and oxygen atoms in total. The maximum Gasteiger partial charge on any atom is 0.338 e. The number of esters is 1. The van der Waals surface area contributed by atoms with Crippen LogP contribution in [0.15, 0.2) is 54.6 Å². The lowest BCUT2D eigenvalue weighted by Crippen LogP contribution is -2.05. The van der Waals surface area contributed by atoms with Crippen LogP contribution in [0.25, 0.3) is 0 Å². The van der Waals surface area contributed by atoms with Crippen molar-refractivity contribution in [2.24, 2.45) is 0 Å². The van der Waals surface area contributed by atoms with E-state index in [-0.39, 0.29) is 19.0 Å². The molecule has 0 spiro atoms. The highest BCUT2D eigenvalue weighted by atomic mass is 16.5. The van der Waals surface area contributed by atoms with Crippen LogP contribution in [-0.4, -0.2) is 17.0 Å². The monoisotopic (exact) mass is 270 g/mol. The largest absolute Gasteiger partial charge is 0.481 e. The summed E-state index contributed by atoms with van der Waals surface area (Å²) in [5, 5.41) is 8.67. The molecule has 2 aromatic rings. The van der Waals surface area contributed by atoms with Crippen LogP contribution in [-0.2, 0) is 22.6 Å². The SMILES string of the molecule is O=C(O)Cc1ccc(COC(=O)c2ccccc2)cc1. The number of aliphatic carboxylic acids is 1. The zero-order chi connectivity index (χ0) is 14.4. The fraction of sp³-hybridized carbons (Fsp3) is 0.125. The first kappa shape index (κ1) is 13.8. The van der Waals surface area contributed by atoms with Gasteiger partial charge in [-0.25, -0.2) is 4.79 Å². The Morgan fingerprint density at radius 1 is 0.900 bits per heavy atom. The van der Waals surface area contributed by atoms with Crippen LogP contribution in [0.3, 0.4) is 0 Å². The Balaban J connectivity index is 1.91. The van der Waals surface area contributed by atoms with Crippen molar-refractivity contribution in [3.8, 4) is 0 Å². The molecule has 0 aromatic heterocycles. The quantitative estimate of drug-likeness (QED) is 0.848. The minimum atomic E-state index is -0.867. The number of rotatable bonds is 5. The summed E-state index contributed by atoms with van der Waals surface area (Å²) in [7, 11) is 0. The van der Waals surface area contributed by atoms with Crippen LogP contribution in [0.2, 0.25) is 0 Å². The predicted molar refractivity (Wildman–Crippen MR) is 73.3 cm³/mol. The van der Waals surface area contributed by atoms with E-state index in [9.17, 15) is 9.59 Å². The van der Waals surface area contributed by atoms with Gasteiger partial charge in [0.05, 0.1) is 12.0 Å². The summed E-state index contributed by atoms with van der Waals surface area (Å²) in [4.78, 5) is 22.3. The van der Waals surface area contributed by atoms with E-state index in [0.717, 1.165) is 11.1 Å². The van der Waals surface area contributed by atoms with Crippen LogP contribution >= 0.6 is 0 Å². The molecule has 0 heterocycles. The smallest absolute Gasteiger partial charge is 0.338 e. The Bertz CT molecular complexity index is 588. The summed E-state index contributed by atoms with van der Waals surface area (Å²) in [6, 6.07) is 15.7. The molecule has 0 atom stereocenters. The lowest BCUT2D eigenvalue weighted by Gasteiger charge is -2.05. The van der Waals surface area contributed by atoms with Gasteiger partial charge >= 0.3 is 11.9 Å². The number of hydrogen-bond donors (Lipinski definition) is 1. The van der Waals surface area contributed by atoms with E-state index in [0.29, 0.717) is 5.56 Å². The number of carboxylic acid groups (broad SMARTS) is 1. The van der Waals surface area contributed by atoms with Crippen molar-refractivity contribution >= 4 is 11.9 Å². The van der Waals surface area contributed by atoms with Gasteiger partial charge in [-0.15, -0.1) is 0 Å². The van der Waals surface area contributed by atoms with Gasteiger partial charge in [0.2, 0.25) is 0 Å². The molecule has 0 unspecified atom stereocenters. The van der Waals surface area contributed by atoms with Crippen molar-refractivity contribution < 1.29 is 19.4 Å². The lowest BCUT2D eigenvalue weighted by molar-refractivity contribution is -0.136. The minimum absolute atomic E-state index is 0.00984. The van der Waals surface area contributed by atoms with Crippen LogP contribution in [0.4, 0.5) is 0 Å². The molecule has 0 aliphatic carbocycles. The summed E-state index contributed by atoms with van der Waals surface area (Å²) >= 11 is 0. The van der Waals surface area contributed by atoms with Crippen LogP contribution in [0.1, 0.15) is 21.5 Å². The molecule has 0 fully saturated rings. The third-order valence-electron chi connectivity index (χ3n) is 2.76. The van der Waals surface area contributed by atoms with Crippen molar-refractivity contribution in [1.82, 2.24) is 0 Å². The number of carbonyl (C=O) groups excluding carboxylic acids is 1. The van der Waals surface area contributed by atoms with E-state index in [2.05, 4.69) is 0 Å². The zero-order valence-corrected chi connectivity index (χ0v) is 10.8. The average molecular weight is 270 g/mol. The molecule has 1 N–H and O–H groups in total. The van der Waals surface area contributed by atoms with Crippen molar-refractivity contribution in [3.63, 3.8) is 0 Å². The third kappa shape index (κ3) is 3.95. The fourth-order valence-electron chi connectivity index (χ4n) is 1.73. The van der Waals surface area contributed by atoms with Gasteiger partial charge in [0, 0.05) is 0 Å². The van der Waals surface area contributed by atoms with Gasteiger partial charge in [-0.05, 0) is 23.3 Å². The summed E-state index contributed by atoms with van der Waals surface area (Å²) in [6.45, 7) is 0.168. The van der Waals surface area contributed by atoms with E-state index in [1.165, 1.54) is 0 Å². The Labute approximate surface area is 116 Å². The van der Waals surface area contributed by atoms with E-state index in [1.807, 2.05) is 6.07 Å². The van der Waals surface area contributed by atoms with Crippen LogP contribution in [0, 0.1) is 0 Å². The number of carboxylic acids is 1. The molecule has 2 rings (SSSR count). The van der Waals surface area contributed by atoms with Gasteiger partial charge in [0.25, 0.3) is 0 Å². The standard InChI is InChI=1S/C16H14O4/c17-15(18)10-12-6-8-13(9-7-12)11-20-16(19)14-4-2-1-3-5-14/h1-9H,10-11H2,(H,17,18). The van der Waals surface area contributed by atoms with Gasteiger partial charge in [0.15, 0.2) is 0 Å². The van der Waals surface area contributed by atoms with E-state index in [4.69, 9.17) is 9.84 Å². The second-order valence-electron chi connectivity index (χ2n) is 4.33. The van der Waals surface area contributed by atoms with Crippen LogP contribution in [0.5, 0.6) is 0 Å². The normalized spacial score (nSPS) is 10.0. The van der Waals surface area contributed by atoms with Gasteiger partial charge in [-0.1, -0.05) is 42.5 Å². The topological polar surface area (TPSA) is 63.6 Å². The second kappa shape index (κ2) is 6.52. The number of ether oxygens (including phenoxy) is 1. The van der Waals surface area contributed by atoms with Gasteiger partial charge < -0.3 is 9.84 Å². The molecule has 0 aliphatic rings. The molecule has 0 radical (unpaired) electrons. The summed E-state index contributed by atoms with van der Waals surface area (Å²) in [5.74, 6) is -1.24. The van der Waals surface area contributed by atoms with Gasteiger partial charge in [-0.2, -0.15) is 0 Å². The zero-order valence-electron chi connectivity index (χ0n) is 10.8. The maximum absolute atomic E-state index is 11.7. The molecule has 4 heteroatoms. The molecule has 0 saturated carbocycles. The molecule has 0 saturated heterocycles. The molecule has 0 bridgehead atoms. The number of hydrogen-bond acceptors (Lipinski definition) is 3. The highest BCUT2D eigenvalue weighted by molar-refractivity contribution is 5.89. The molecule has 0 amide bonds. The first-order chi connectivity index (χ1) is 9.65. The molecule has 102 valence electrons. The predicted octanol–water partition coefficient (Wildman–Crippen LogP) is 2.67. The Kier molecular flexibility index (Phi) is 4.50. The third-order valence-corrected chi connectivity index (χ3v) is 2.76. The highest BCUT2D eigenvalue weighted by Crippen LogP contribution is 2.08. The average Bonchev–Trinajstić information content (AvgIpc) is 2.46. The van der Waals surface area contributed by atoms with Crippen molar-refractivity contribution in [2.75, 3.05) is 0 Å². The summed E-state index contributed by atoms with van der Waals surface area (Å²) < 4.78 is 5.18. The number of benzene rings is 2. The first-order valence-electron chi connectivity index (χ1n) is 6.17. The van der Waals surface area contributed by atoms with Crippen LogP contribution < -0.4 is 0 Å². The Hall–Kier alpha value is -2.62. The molecule has 2 aromatic carbocycles. The molecule has 20 heavy (non-hydrogen) atoms. The van der Waals surface area contributed by atoms with E-state index >= 15 is 0 Å². The van der Waals surface area contributed by atoms with E-state index in [1.54, 1.807) is 48.5 Å². The van der Waals surface area contributed by atoms with Gasteiger partial charge in [0.1, 0.15) is 6.61 Å². The maximum atomic E-state index is 11.7. The molecular formula is C16H14O4. The first-order valence-corrected chi connectivity index (χ1v) is 6.17. The molecular weight excluding hydrogens is 256 g/mol. The number of carbonyl (C=O) groups is 2. The Morgan fingerprint density at radius 3 is 2.10 bits per heavy atom. The molecule has 0 aliphatic heterocycles. The summed E-state index contributed by atoms with van der Waals surface area (Å²) in [5.41, 5.74) is 2.05. The van der Waals surface area contributed by atoms with Crippen molar-refractivity contribution in [1.29, 1.82) is 0 Å². The summed E-state index contributed by atoms with van der Waals surface area (Å²) in [6.07, 6.45) is -0.00984. The minimum Gasteiger partial charge on any atom is -0.481 e. The van der Waals surface area contributed by atoms with Gasteiger partial charge in [-0.3, -0.25) is 4.79 Å². The highest BCUT2D eigenvalue weighted by Gasteiger charge is 2.06. The Morgan fingerprint density at radius 2 is 1.50 bits per heavy atom. The van der Waals surface area contributed by atoms with Crippen molar-refractivity contribution in [2.45, 2.75) is 13.0 Å². The fourth-order valence-corrected chi connectivity index (χ4v) is 1.73. The second-order valence-corrected chi connectivity index (χ2v) is 4.33. The lowest BCUT2D eigenvalue weighted by atomic mass is 10.1. The van der Waals surface area contributed by atoms with E-state index < -0.39 is 5.97 Å². The van der Waals surface area contributed by atoms with Crippen molar-refractivity contribution in [3.05, 3.63) is 71.3 Å².